The maximum Gasteiger partial charge on any atom is 0.188 e. The van der Waals surface area contributed by atoms with Gasteiger partial charge in [0.2, 0.25) is 0 Å². The summed E-state index contributed by atoms with van der Waals surface area (Å²) in [6.45, 7) is 0.238. The average Bonchev–Trinajstić information content (AvgIpc) is 2.15. The lowest BCUT2D eigenvalue weighted by molar-refractivity contribution is 0.0508. The maximum absolute atomic E-state index is 5.56. The van der Waals surface area contributed by atoms with E-state index in [4.69, 9.17) is 21.1 Å². The van der Waals surface area contributed by atoms with Crippen molar-refractivity contribution in [2.45, 2.75) is 5.88 Å². The van der Waals surface area contributed by atoms with Crippen molar-refractivity contribution in [1.29, 1.82) is 0 Å². The maximum atomic E-state index is 5.56. The largest absolute Gasteiger partial charge is 0.466 e. The minimum absolute atomic E-state index is 0.238. The number of pyridine rings is 1. The van der Waals surface area contributed by atoms with Gasteiger partial charge in [-0.25, -0.2) is 0 Å². The monoisotopic (exact) mass is 187 g/mol. The molecular formula is C8H10ClNO2. The Morgan fingerprint density at radius 1 is 1.50 bits per heavy atom. The molecule has 0 radical (unpaired) electrons. The summed E-state index contributed by atoms with van der Waals surface area (Å²) in [7, 11) is 1.57. The Bertz CT molecular complexity index is 225. The number of rotatable bonds is 4. The van der Waals surface area contributed by atoms with E-state index in [9.17, 15) is 0 Å². The van der Waals surface area contributed by atoms with Crippen LogP contribution >= 0.6 is 11.6 Å². The van der Waals surface area contributed by atoms with Crippen molar-refractivity contribution in [3.63, 3.8) is 0 Å². The Labute approximate surface area is 76.3 Å². The first-order valence-corrected chi connectivity index (χ1v) is 4.03. The molecule has 1 aromatic rings. The first-order valence-electron chi connectivity index (χ1n) is 3.49. The molecule has 0 bridgehead atoms. The van der Waals surface area contributed by atoms with Crippen LogP contribution in [0.3, 0.4) is 0 Å². The molecule has 1 aromatic heterocycles. The molecule has 12 heavy (non-hydrogen) atoms. The molecule has 1 heterocycles. The summed E-state index contributed by atoms with van der Waals surface area (Å²) >= 11 is 5.56. The van der Waals surface area contributed by atoms with Gasteiger partial charge in [-0.2, -0.15) is 0 Å². The standard InChI is InChI=1S/C8H10ClNO2/c1-11-6-12-8-3-2-7(4-9)10-5-8/h2-3,5H,4,6H2,1H3. The Kier molecular flexibility index (Phi) is 3.84. The highest BCUT2D eigenvalue weighted by molar-refractivity contribution is 6.16. The first kappa shape index (κ1) is 9.29. The summed E-state index contributed by atoms with van der Waals surface area (Å²) < 4.78 is 9.85. The number of hydrogen-bond acceptors (Lipinski definition) is 3. The van der Waals surface area contributed by atoms with E-state index in [1.165, 1.54) is 0 Å². The number of halogens is 1. The zero-order chi connectivity index (χ0) is 8.81. The second kappa shape index (κ2) is 4.95. The molecule has 0 atom stereocenters. The number of alkyl halides is 1. The highest BCUT2D eigenvalue weighted by atomic mass is 35.5. The van der Waals surface area contributed by atoms with E-state index >= 15 is 0 Å². The van der Waals surface area contributed by atoms with Crippen molar-refractivity contribution in [1.82, 2.24) is 4.98 Å². The molecular weight excluding hydrogens is 178 g/mol. The fraction of sp³-hybridized carbons (Fsp3) is 0.375. The van der Waals surface area contributed by atoms with E-state index in [-0.39, 0.29) is 6.79 Å². The van der Waals surface area contributed by atoms with Gasteiger partial charge in [0.1, 0.15) is 5.75 Å². The van der Waals surface area contributed by atoms with Crippen molar-refractivity contribution in [3.8, 4) is 5.75 Å². The molecule has 0 aliphatic carbocycles. The molecule has 3 nitrogen and oxygen atoms in total. The fourth-order valence-electron chi connectivity index (χ4n) is 0.702. The summed E-state index contributed by atoms with van der Waals surface area (Å²) in [5.41, 5.74) is 0.835. The van der Waals surface area contributed by atoms with Gasteiger partial charge in [-0.1, -0.05) is 0 Å². The third kappa shape index (κ3) is 2.68. The lowest BCUT2D eigenvalue weighted by Gasteiger charge is -2.03. The van der Waals surface area contributed by atoms with Gasteiger partial charge in [0.15, 0.2) is 6.79 Å². The van der Waals surface area contributed by atoms with Crippen LogP contribution in [0, 0.1) is 0 Å². The van der Waals surface area contributed by atoms with E-state index in [1.807, 2.05) is 12.1 Å². The van der Waals surface area contributed by atoms with Crippen LogP contribution < -0.4 is 4.74 Å². The van der Waals surface area contributed by atoms with Crippen LogP contribution in [0.25, 0.3) is 0 Å². The molecule has 0 spiro atoms. The Balaban J connectivity index is 2.53. The predicted octanol–water partition coefficient (Wildman–Crippen LogP) is 1.80. The quantitative estimate of drug-likeness (QED) is 0.532. The van der Waals surface area contributed by atoms with Crippen LogP contribution in [0.5, 0.6) is 5.75 Å². The number of hydrogen-bond donors (Lipinski definition) is 0. The van der Waals surface area contributed by atoms with Gasteiger partial charge in [0.25, 0.3) is 0 Å². The Morgan fingerprint density at radius 3 is 2.83 bits per heavy atom. The highest BCUT2D eigenvalue weighted by Gasteiger charge is 1.94. The summed E-state index contributed by atoms with van der Waals surface area (Å²) in [6, 6.07) is 3.63. The minimum Gasteiger partial charge on any atom is -0.466 e. The van der Waals surface area contributed by atoms with E-state index in [0.29, 0.717) is 11.6 Å². The molecule has 66 valence electrons. The molecule has 0 saturated carbocycles. The van der Waals surface area contributed by atoms with Gasteiger partial charge in [-0.15, -0.1) is 11.6 Å². The number of nitrogens with zero attached hydrogens (tertiary/aromatic N) is 1. The molecule has 0 N–H and O–H groups in total. The molecule has 0 aliphatic heterocycles. The Morgan fingerprint density at radius 2 is 2.33 bits per heavy atom. The van der Waals surface area contributed by atoms with Crippen LogP contribution in [-0.2, 0) is 10.6 Å². The highest BCUT2D eigenvalue weighted by Crippen LogP contribution is 2.09. The third-order valence-electron chi connectivity index (χ3n) is 1.28. The van der Waals surface area contributed by atoms with Crippen molar-refractivity contribution in [2.75, 3.05) is 13.9 Å². The zero-order valence-electron chi connectivity index (χ0n) is 6.79. The minimum atomic E-state index is 0.238. The Hall–Kier alpha value is -0.800. The van der Waals surface area contributed by atoms with E-state index in [1.54, 1.807) is 13.3 Å². The molecule has 0 unspecified atom stereocenters. The SMILES string of the molecule is COCOc1ccc(CCl)nc1. The number of methoxy groups -OCH3 is 1. The molecule has 0 aliphatic rings. The van der Waals surface area contributed by atoms with E-state index in [2.05, 4.69) is 4.98 Å². The molecule has 0 aromatic carbocycles. The van der Waals surface area contributed by atoms with Crippen LogP contribution in [-0.4, -0.2) is 18.9 Å². The van der Waals surface area contributed by atoms with Crippen molar-refractivity contribution in [3.05, 3.63) is 24.0 Å². The summed E-state index contributed by atoms with van der Waals surface area (Å²) in [5, 5.41) is 0. The van der Waals surface area contributed by atoms with Gasteiger partial charge in [-0.05, 0) is 12.1 Å². The van der Waals surface area contributed by atoms with Crippen LogP contribution in [0.15, 0.2) is 18.3 Å². The van der Waals surface area contributed by atoms with E-state index in [0.717, 1.165) is 5.69 Å². The normalized spacial score (nSPS) is 9.83. The molecule has 0 amide bonds. The first-order chi connectivity index (χ1) is 5.86. The lowest BCUT2D eigenvalue weighted by atomic mass is 10.4. The van der Waals surface area contributed by atoms with Gasteiger partial charge in [0.05, 0.1) is 17.8 Å². The summed E-state index contributed by atoms with van der Waals surface area (Å²) in [6.07, 6.45) is 1.62. The van der Waals surface area contributed by atoms with Gasteiger partial charge >= 0.3 is 0 Å². The van der Waals surface area contributed by atoms with Crippen LogP contribution in [0.4, 0.5) is 0 Å². The smallest absolute Gasteiger partial charge is 0.188 e. The van der Waals surface area contributed by atoms with Gasteiger partial charge < -0.3 is 9.47 Å². The zero-order valence-corrected chi connectivity index (χ0v) is 7.54. The summed E-state index contributed by atoms with van der Waals surface area (Å²) in [5.74, 6) is 1.11. The fourth-order valence-corrected chi connectivity index (χ4v) is 0.860. The number of aromatic nitrogens is 1. The average molecular weight is 188 g/mol. The number of ether oxygens (including phenoxy) is 2. The summed E-state index contributed by atoms with van der Waals surface area (Å²) in [4.78, 5) is 4.04. The molecule has 0 fully saturated rings. The third-order valence-corrected chi connectivity index (χ3v) is 1.55. The second-order valence-electron chi connectivity index (χ2n) is 2.17. The second-order valence-corrected chi connectivity index (χ2v) is 2.44. The van der Waals surface area contributed by atoms with Gasteiger partial charge in [-0.3, -0.25) is 4.98 Å². The molecule has 0 saturated heterocycles. The molecule has 1 rings (SSSR count). The van der Waals surface area contributed by atoms with Gasteiger partial charge in [0, 0.05) is 7.11 Å². The van der Waals surface area contributed by atoms with Crippen molar-refractivity contribution >= 4 is 11.6 Å². The van der Waals surface area contributed by atoms with E-state index < -0.39 is 0 Å². The van der Waals surface area contributed by atoms with Crippen molar-refractivity contribution in [2.24, 2.45) is 0 Å². The lowest BCUT2D eigenvalue weighted by Crippen LogP contribution is -1.99. The molecule has 4 heteroatoms. The van der Waals surface area contributed by atoms with Crippen molar-refractivity contribution < 1.29 is 9.47 Å². The van der Waals surface area contributed by atoms with Crippen LogP contribution in [0.2, 0.25) is 0 Å². The predicted molar refractivity (Wildman–Crippen MR) is 46.3 cm³/mol. The van der Waals surface area contributed by atoms with Crippen LogP contribution in [0.1, 0.15) is 5.69 Å². The topological polar surface area (TPSA) is 31.4 Å².